The Morgan fingerprint density at radius 1 is 1.67 bits per heavy atom. The maximum absolute atomic E-state index is 10.3. The lowest BCUT2D eigenvalue weighted by Crippen LogP contribution is -2.09. The molecule has 0 amide bonds. The zero-order chi connectivity index (χ0) is 11.4. The van der Waals surface area contributed by atoms with Crippen LogP contribution in [0.5, 0.6) is 0 Å². The predicted molar refractivity (Wildman–Crippen MR) is 57.6 cm³/mol. The normalized spacial score (nSPS) is 10.6. The third kappa shape index (κ3) is 3.04. The molecule has 0 atom stereocenters. The summed E-state index contributed by atoms with van der Waals surface area (Å²) in [5.41, 5.74) is 1.81. The van der Waals surface area contributed by atoms with Gasteiger partial charge in [-0.2, -0.15) is 5.10 Å². The molecule has 0 aromatic carbocycles. The van der Waals surface area contributed by atoms with Crippen molar-refractivity contribution in [1.29, 1.82) is 0 Å². The molecule has 0 saturated heterocycles. The smallest absolute Gasteiger partial charge is 0.329 e. The molecule has 0 bridgehead atoms. The van der Waals surface area contributed by atoms with Crippen LogP contribution in [0.3, 0.4) is 0 Å². The fourth-order valence-corrected chi connectivity index (χ4v) is 1.94. The van der Waals surface area contributed by atoms with E-state index in [9.17, 15) is 4.79 Å². The number of carbonyl (C=O) groups is 1. The number of rotatable bonds is 5. The summed E-state index contributed by atoms with van der Waals surface area (Å²) in [6.45, 7) is 1.96. The number of aromatic nitrogens is 2. The molecule has 84 valence electrons. The Morgan fingerprint density at radius 2 is 2.33 bits per heavy atom. The van der Waals surface area contributed by atoms with E-state index in [1.54, 1.807) is 4.68 Å². The molecule has 15 heavy (non-hydrogen) atoms. The van der Waals surface area contributed by atoms with E-state index < -0.39 is 5.97 Å². The summed E-state index contributed by atoms with van der Waals surface area (Å²) in [5, 5.41) is 12.7. The van der Waals surface area contributed by atoms with E-state index >= 15 is 0 Å². The Bertz CT molecular complexity index is 362. The number of aryl methyl sites for hydroxylation is 2. The average molecular weight is 277 g/mol. The van der Waals surface area contributed by atoms with Gasteiger partial charge >= 0.3 is 5.97 Å². The van der Waals surface area contributed by atoms with Gasteiger partial charge in [0.1, 0.15) is 6.61 Å². The molecule has 5 nitrogen and oxygen atoms in total. The molecule has 0 aliphatic rings. The van der Waals surface area contributed by atoms with Gasteiger partial charge in [0.05, 0.1) is 22.5 Å². The molecule has 0 radical (unpaired) electrons. The molecule has 0 unspecified atom stereocenters. The first-order valence-electron chi connectivity index (χ1n) is 4.56. The standard InChI is InChI=1S/C9H13BrN2O3/c1-3-6-9(10)7(12(2)11-6)4-15-5-8(13)14/h3-5H2,1-2H3,(H,13,14). The molecule has 1 aromatic rings. The highest BCUT2D eigenvalue weighted by Crippen LogP contribution is 2.21. The van der Waals surface area contributed by atoms with Gasteiger partial charge in [-0.1, -0.05) is 6.92 Å². The lowest BCUT2D eigenvalue weighted by molar-refractivity contribution is -0.142. The molecule has 0 fully saturated rings. The first kappa shape index (κ1) is 12.2. The summed E-state index contributed by atoms with van der Waals surface area (Å²) in [6.07, 6.45) is 0.827. The van der Waals surface area contributed by atoms with Crippen molar-refractivity contribution in [2.45, 2.75) is 20.0 Å². The number of carboxylic acids is 1. The number of halogens is 1. The third-order valence-corrected chi connectivity index (χ3v) is 2.88. The van der Waals surface area contributed by atoms with Crippen LogP contribution in [0.2, 0.25) is 0 Å². The van der Waals surface area contributed by atoms with Gasteiger partial charge in [-0.05, 0) is 22.4 Å². The quantitative estimate of drug-likeness (QED) is 0.882. The highest BCUT2D eigenvalue weighted by Gasteiger charge is 2.12. The second-order valence-electron chi connectivity index (χ2n) is 3.07. The van der Waals surface area contributed by atoms with E-state index in [1.807, 2.05) is 14.0 Å². The summed E-state index contributed by atoms with van der Waals surface area (Å²) < 4.78 is 7.61. The Labute approximate surface area is 96.2 Å². The second-order valence-corrected chi connectivity index (χ2v) is 3.86. The fourth-order valence-electron chi connectivity index (χ4n) is 1.21. The molecule has 6 heteroatoms. The van der Waals surface area contributed by atoms with Crippen molar-refractivity contribution in [2.75, 3.05) is 6.61 Å². The summed E-state index contributed by atoms with van der Waals surface area (Å²) in [7, 11) is 1.81. The first-order valence-corrected chi connectivity index (χ1v) is 5.35. The number of ether oxygens (including phenoxy) is 1. The number of carboxylic acid groups (broad SMARTS) is 1. The minimum absolute atomic E-state index is 0.246. The lowest BCUT2D eigenvalue weighted by atomic mass is 10.3. The van der Waals surface area contributed by atoms with Crippen LogP contribution in [-0.4, -0.2) is 27.5 Å². The first-order chi connectivity index (χ1) is 7.06. The molecule has 1 N–H and O–H groups in total. The van der Waals surface area contributed by atoms with Crippen molar-refractivity contribution < 1.29 is 14.6 Å². The maximum atomic E-state index is 10.3. The predicted octanol–water partition coefficient (Wildman–Crippen LogP) is 1.35. The molecule has 0 spiro atoms. The third-order valence-electron chi connectivity index (χ3n) is 1.97. The van der Waals surface area contributed by atoms with Gasteiger partial charge in [0.25, 0.3) is 0 Å². The Morgan fingerprint density at radius 3 is 2.80 bits per heavy atom. The molecule has 1 rings (SSSR count). The van der Waals surface area contributed by atoms with Crippen LogP contribution in [0, 0.1) is 0 Å². The van der Waals surface area contributed by atoms with Crippen LogP contribution < -0.4 is 0 Å². The molecule has 1 heterocycles. The van der Waals surface area contributed by atoms with E-state index in [0.717, 1.165) is 22.3 Å². The van der Waals surface area contributed by atoms with Gasteiger partial charge in [-0.3, -0.25) is 4.68 Å². The minimum atomic E-state index is -0.969. The summed E-state index contributed by atoms with van der Waals surface area (Å²) >= 11 is 3.42. The number of nitrogens with zero attached hydrogens (tertiary/aromatic N) is 2. The van der Waals surface area contributed by atoms with Crippen LogP contribution in [-0.2, 0) is 29.6 Å². The molecule has 0 saturated carbocycles. The fraction of sp³-hybridized carbons (Fsp3) is 0.556. The molecular formula is C9H13BrN2O3. The average Bonchev–Trinajstić information content (AvgIpc) is 2.44. The van der Waals surface area contributed by atoms with Crippen LogP contribution in [0.1, 0.15) is 18.3 Å². The van der Waals surface area contributed by atoms with Crippen LogP contribution in [0.15, 0.2) is 4.47 Å². The summed E-state index contributed by atoms with van der Waals surface area (Å²) in [6, 6.07) is 0. The van der Waals surface area contributed by atoms with Crippen LogP contribution in [0.4, 0.5) is 0 Å². The minimum Gasteiger partial charge on any atom is -0.480 e. The van der Waals surface area contributed by atoms with Gasteiger partial charge in [0, 0.05) is 7.05 Å². The molecule has 0 aliphatic carbocycles. The monoisotopic (exact) mass is 276 g/mol. The highest BCUT2D eigenvalue weighted by atomic mass is 79.9. The summed E-state index contributed by atoms with van der Waals surface area (Å²) in [4.78, 5) is 10.3. The number of aliphatic carboxylic acids is 1. The Kier molecular flexibility index (Phi) is 4.28. The zero-order valence-electron chi connectivity index (χ0n) is 8.66. The van der Waals surface area contributed by atoms with Crippen molar-refractivity contribution in [3.8, 4) is 0 Å². The van der Waals surface area contributed by atoms with E-state index in [1.165, 1.54) is 0 Å². The van der Waals surface area contributed by atoms with Gasteiger partial charge < -0.3 is 9.84 Å². The van der Waals surface area contributed by atoms with E-state index in [4.69, 9.17) is 9.84 Å². The second kappa shape index (κ2) is 5.27. The van der Waals surface area contributed by atoms with E-state index in [2.05, 4.69) is 21.0 Å². The van der Waals surface area contributed by atoms with E-state index in [0.29, 0.717) is 0 Å². The van der Waals surface area contributed by atoms with E-state index in [-0.39, 0.29) is 13.2 Å². The van der Waals surface area contributed by atoms with Crippen molar-refractivity contribution in [3.05, 3.63) is 15.9 Å². The topological polar surface area (TPSA) is 64.4 Å². The Balaban J connectivity index is 2.68. The molecule has 0 aliphatic heterocycles. The van der Waals surface area contributed by atoms with Crippen LogP contribution >= 0.6 is 15.9 Å². The van der Waals surface area contributed by atoms with Gasteiger partial charge in [-0.15, -0.1) is 0 Å². The molecular weight excluding hydrogens is 264 g/mol. The Hall–Kier alpha value is -0.880. The lowest BCUT2D eigenvalue weighted by Gasteiger charge is -2.02. The summed E-state index contributed by atoms with van der Waals surface area (Å²) in [5.74, 6) is -0.969. The largest absolute Gasteiger partial charge is 0.480 e. The van der Waals surface area contributed by atoms with Gasteiger partial charge in [-0.25, -0.2) is 4.79 Å². The van der Waals surface area contributed by atoms with Crippen molar-refractivity contribution >= 4 is 21.9 Å². The van der Waals surface area contributed by atoms with Crippen molar-refractivity contribution in [2.24, 2.45) is 7.05 Å². The zero-order valence-corrected chi connectivity index (χ0v) is 10.2. The van der Waals surface area contributed by atoms with Gasteiger partial charge in [0.2, 0.25) is 0 Å². The SMILES string of the molecule is CCc1nn(C)c(COCC(=O)O)c1Br. The molecule has 1 aromatic heterocycles. The van der Waals surface area contributed by atoms with Crippen LogP contribution in [0.25, 0.3) is 0 Å². The highest BCUT2D eigenvalue weighted by molar-refractivity contribution is 9.10. The number of hydrogen-bond acceptors (Lipinski definition) is 3. The number of hydrogen-bond donors (Lipinski definition) is 1. The van der Waals surface area contributed by atoms with Crippen molar-refractivity contribution in [1.82, 2.24) is 9.78 Å². The van der Waals surface area contributed by atoms with Crippen molar-refractivity contribution in [3.63, 3.8) is 0 Å². The maximum Gasteiger partial charge on any atom is 0.329 e. The van der Waals surface area contributed by atoms with Gasteiger partial charge in [0.15, 0.2) is 0 Å².